The molecule has 0 spiro atoms. The summed E-state index contributed by atoms with van der Waals surface area (Å²) >= 11 is 0. The summed E-state index contributed by atoms with van der Waals surface area (Å²) in [6, 6.07) is 2.39. The molecular formula is C7H7FN2O2. The Morgan fingerprint density at radius 3 is 2.83 bits per heavy atom. The van der Waals surface area contributed by atoms with Crippen molar-refractivity contribution in [2.24, 2.45) is 5.73 Å². The molecule has 0 aliphatic carbocycles. The third-order valence-corrected chi connectivity index (χ3v) is 1.32. The predicted octanol–water partition coefficient (Wildman–Crippen LogP) is 0.378. The van der Waals surface area contributed by atoms with E-state index in [9.17, 15) is 9.18 Å². The molecule has 0 atom stereocenters. The highest BCUT2D eigenvalue weighted by Crippen LogP contribution is 2.05. The predicted molar refractivity (Wildman–Crippen MR) is 39.0 cm³/mol. The van der Waals surface area contributed by atoms with Crippen molar-refractivity contribution in [2.75, 3.05) is 0 Å². The smallest absolute Gasteiger partial charge is 0.357 e. The highest BCUT2D eigenvalue weighted by atomic mass is 19.1. The van der Waals surface area contributed by atoms with Crippen molar-refractivity contribution in [3.8, 4) is 0 Å². The van der Waals surface area contributed by atoms with Gasteiger partial charge in [-0.1, -0.05) is 0 Å². The van der Waals surface area contributed by atoms with Gasteiger partial charge in [-0.25, -0.2) is 14.2 Å². The number of nitrogens with two attached hydrogens (primary N) is 1. The molecule has 1 aromatic rings. The number of halogens is 1. The Morgan fingerprint density at radius 2 is 2.33 bits per heavy atom. The summed E-state index contributed by atoms with van der Waals surface area (Å²) in [7, 11) is 0. The van der Waals surface area contributed by atoms with Crippen molar-refractivity contribution in [3.63, 3.8) is 0 Å². The average Bonchev–Trinajstić information content (AvgIpc) is 2.05. The zero-order valence-corrected chi connectivity index (χ0v) is 6.12. The SMILES string of the molecule is NCc1ccc(F)c(C(=O)O)n1. The van der Waals surface area contributed by atoms with Gasteiger partial charge < -0.3 is 10.8 Å². The largest absolute Gasteiger partial charge is 0.476 e. The van der Waals surface area contributed by atoms with Crippen molar-refractivity contribution in [1.82, 2.24) is 4.98 Å². The van der Waals surface area contributed by atoms with Crippen LogP contribution in [0, 0.1) is 5.82 Å². The fourth-order valence-electron chi connectivity index (χ4n) is 0.746. The molecule has 0 aliphatic rings. The standard InChI is InChI=1S/C7H7FN2O2/c8-5-2-1-4(3-9)10-6(5)7(11)12/h1-2H,3,9H2,(H,11,12). The summed E-state index contributed by atoms with van der Waals surface area (Å²) in [6.45, 7) is 0.0978. The molecule has 5 heteroatoms. The van der Waals surface area contributed by atoms with Gasteiger partial charge in [0, 0.05) is 6.54 Å². The first-order chi connectivity index (χ1) is 5.65. The lowest BCUT2D eigenvalue weighted by Gasteiger charge is -1.98. The van der Waals surface area contributed by atoms with Gasteiger partial charge in [0.1, 0.15) is 0 Å². The minimum Gasteiger partial charge on any atom is -0.476 e. The van der Waals surface area contributed by atoms with Gasteiger partial charge in [0.15, 0.2) is 11.5 Å². The van der Waals surface area contributed by atoms with E-state index in [1.165, 1.54) is 6.07 Å². The second-order valence-corrected chi connectivity index (χ2v) is 2.14. The van der Waals surface area contributed by atoms with E-state index in [0.29, 0.717) is 5.69 Å². The average molecular weight is 170 g/mol. The number of rotatable bonds is 2. The van der Waals surface area contributed by atoms with Crippen LogP contribution in [0.15, 0.2) is 12.1 Å². The number of carboxylic acid groups (broad SMARTS) is 1. The van der Waals surface area contributed by atoms with E-state index in [1.807, 2.05) is 0 Å². The number of carbonyl (C=O) groups is 1. The first-order valence-electron chi connectivity index (χ1n) is 3.24. The molecule has 0 saturated carbocycles. The molecule has 0 aliphatic heterocycles. The van der Waals surface area contributed by atoms with Gasteiger partial charge in [0.2, 0.25) is 0 Å². The topological polar surface area (TPSA) is 76.2 Å². The Labute approximate surface area is 67.8 Å². The van der Waals surface area contributed by atoms with Gasteiger partial charge in [0.05, 0.1) is 5.69 Å². The molecule has 1 aromatic heterocycles. The normalized spacial score (nSPS) is 9.83. The summed E-state index contributed by atoms with van der Waals surface area (Å²) in [5, 5.41) is 8.44. The van der Waals surface area contributed by atoms with Crippen molar-refractivity contribution in [3.05, 3.63) is 29.3 Å². The number of pyridine rings is 1. The molecule has 0 fully saturated rings. The maximum Gasteiger partial charge on any atom is 0.357 e. The lowest BCUT2D eigenvalue weighted by Crippen LogP contribution is -2.08. The number of nitrogens with zero attached hydrogens (tertiary/aromatic N) is 1. The van der Waals surface area contributed by atoms with E-state index in [-0.39, 0.29) is 6.54 Å². The first kappa shape index (κ1) is 8.61. The molecule has 4 nitrogen and oxygen atoms in total. The Kier molecular flexibility index (Phi) is 2.35. The third-order valence-electron chi connectivity index (χ3n) is 1.32. The summed E-state index contributed by atoms with van der Waals surface area (Å²) in [6.07, 6.45) is 0. The van der Waals surface area contributed by atoms with E-state index >= 15 is 0 Å². The molecule has 1 rings (SSSR count). The number of hydrogen-bond acceptors (Lipinski definition) is 3. The molecule has 12 heavy (non-hydrogen) atoms. The van der Waals surface area contributed by atoms with Crippen LogP contribution >= 0.6 is 0 Å². The highest BCUT2D eigenvalue weighted by Gasteiger charge is 2.11. The summed E-state index contributed by atoms with van der Waals surface area (Å²) in [5.74, 6) is -2.23. The van der Waals surface area contributed by atoms with Gasteiger partial charge >= 0.3 is 5.97 Å². The molecule has 3 N–H and O–H groups in total. The third kappa shape index (κ3) is 1.57. The lowest BCUT2D eigenvalue weighted by molar-refractivity contribution is 0.0684. The van der Waals surface area contributed by atoms with Crippen LogP contribution in [-0.2, 0) is 6.54 Å². The second kappa shape index (κ2) is 3.27. The molecule has 0 bridgehead atoms. The van der Waals surface area contributed by atoms with E-state index in [1.54, 1.807) is 0 Å². The van der Waals surface area contributed by atoms with Gasteiger partial charge in [-0.05, 0) is 12.1 Å². The van der Waals surface area contributed by atoms with Crippen LogP contribution in [0.5, 0.6) is 0 Å². The van der Waals surface area contributed by atoms with Crippen molar-refractivity contribution >= 4 is 5.97 Å². The Balaban J connectivity index is 3.17. The maximum absolute atomic E-state index is 12.7. The molecule has 0 saturated heterocycles. The maximum atomic E-state index is 12.7. The fraction of sp³-hybridized carbons (Fsp3) is 0.143. The monoisotopic (exact) mass is 170 g/mol. The zero-order chi connectivity index (χ0) is 9.14. The first-order valence-corrected chi connectivity index (χ1v) is 3.24. The van der Waals surface area contributed by atoms with Gasteiger partial charge in [0.25, 0.3) is 0 Å². The van der Waals surface area contributed by atoms with Crippen molar-refractivity contribution in [1.29, 1.82) is 0 Å². The van der Waals surface area contributed by atoms with Crippen LogP contribution in [0.1, 0.15) is 16.2 Å². The Hall–Kier alpha value is -1.49. The second-order valence-electron chi connectivity index (χ2n) is 2.14. The van der Waals surface area contributed by atoms with E-state index < -0.39 is 17.5 Å². The van der Waals surface area contributed by atoms with E-state index in [2.05, 4.69) is 4.98 Å². The zero-order valence-electron chi connectivity index (χ0n) is 6.12. The quantitative estimate of drug-likeness (QED) is 0.672. The molecule has 64 valence electrons. The molecule has 0 radical (unpaired) electrons. The summed E-state index contributed by atoms with van der Waals surface area (Å²) in [5.41, 5.74) is 4.96. The lowest BCUT2D eigenvalue weighted by atomic mass is 10.3. The van der Waals surface area contributed by atoms with Gasteiger partial charge in [-0.3, -0.25) is 0 Å². The van der Waals surface area contributed by atoms with Crippen LogP contribution in [0.2, 0.25) is 0 Å². The Bertz CT molecular complexity index is 314. The van der Waals surface area contributed by atoms with E-state index in [4.69, 9.17) is 10.8 Å². The van der Waals surface area contributed by atoms with Gasteiger partial charge in [-0.15, -0.1) is 0 Å². The van der Waals surface area contributed by atoms with Crippen LogP contribution in [0.25, 0.3) is 0 Å². The van der Waals surface area contributed by atoms with Crippen LogP contribution in [0.4, 0.5) is 4.39 Å². The highest BCUT2D eigenvalue weighted by molar-refractivity contribution is 5.85. The summed E-state index contributed by atoms with van der Waals surface area (Å²) in [4.78, 5) is 13.8. The van der Waals surface area contributed by atoms with E-state index in [0.717, 1.165) is 6.07 Å². The molecule has 0 aromatic carbocycles. The molecule has 0 unspecified atom stereocenters. The molecular weight excluding hydrogens is 163 g/mol. The minimum absolute atomic E-state index is 0.0978. The number of aromatic carboxylic acids is 1. The van der Waals surface area contributed by atoms with Crippen LogP contribution in [-0.4, -0.2) is 16.1 Å². The number of hydrogen-bond donors (Lipinski definition) is 2. The number of aromatic nitrogens is 1. The van der Waals surface area contributed by atoms with Gasteiger partial charge in [-0.2, -0.15) is 0 Å². The number of carboxylic acids is 1. The molecule has 1 heterocycles. The molecule has 0 amide bonds. The fourth-order valence-corrected chi connectivity index (χ4v) is 0.746. The van der Waals surface area contributed by atoms with Crippen molar-refractivity contribution < 1.29 is 14.3 Å². The minimum atomic E-state index is -1.39. The van der Waals surface area contributed by atoms with Crippen molar-refractivity contribution in [2.45, 2.75) is 6.54 Å². The summed E-state index contributed by atoms with van der Waals surface area (Å²) < 4.78 is 12.7. The Morgan fingerprint density at radius 1 is 1.67 bits per heavy atom. The van der Waals surface area contributed by atoms with Crippen LogP contribution in [0.3, 0.4) is 0 Å². The van der Waals surface area contributed by atoms with Crippen LogP contribution < -0.4 is 5.73 Å².